The van der Waals surface area contributed by atoms with Crippen LogP contribution in [-0.2, 0) is 4.79 Å². The maximum absolute atomic E-state index is 12.2. The molecule has 124 valence electrons. The van der Waals surface area contributed by atoms with E-state index in [0.29, 0.717) is 12.8 Å². The van der Waals surface area contributed by atoms with Gasteiger partial charge in [-0.2, -0.15) is 0 Å². The van der Waals surface area contributed by atoms with Gasteiger partial charge in [-0.15, -0.1) is 0 Å². The number of nitro benzene ring substituents is 1. The quantitative estimate of drug-likeness (QED) is 0.431. The molecule has 1 aromatic rings. The van der Waals surface area contributed by atoms with E-state index >= 15 is 0 Å². The number of rotatable bonds is 5. The molecule has 8 nitrogen and oxygen atoms in total. The number of nitrogens with two attached hydrogens (primary N) is 1. The molecular weight excluding hydrogens is 302 g/mol. The first-order chi connectivity index (χ1) is 10.9. The number of anilines is 1. The molecule has 2 rings (SSSR count). The molecule has 1 aliphatic carbocycles. The first kappa shape index (κ1) is 16.7. The Morgan fingerprint density at radius 1 is 1.30 bits per heavy atom. The SMILES string of the molecule is Nc1ccc(C(=O)NCC2(C(=O)O)CCCCC2)cc1[N+](=O)[O-]. The Labute approximate surface area is 132 Å². The largest absolute Gasteiger partial charge is 0.481 e. The number of carboxylic acids is 1. The van der Waals surface area contributed by atoms with Gasteiger partial charge in [-0.1, -0.05) is 19.3 Å². The van der Waals surface area contributed by atoms with Gasteiger partial charge in [-0.3, -0.25) is 19.7 Å². The van der Waals surface area contributed by atoms with Crippen LogP contribution in [0.5, 0.6) is 0 Å². The molecule has 0 saturated heterocycles. The third-order valence-corrected chi connectivity index (χ3v) is 4.34. The third-order valence-electron chi connectivity index (χ3n) is 4.34. The van der Waals surface area contributed by atoms with Crippen molar-refractivity contribution in [1.29, 1.82) is 0 Å². The highest BCUT2D eigenvalue weighted by Crippen LogP contribution is 2.36. The molecule has 0 bridgehead atoms. The lowest BCUT2D eigenvalue weighted by atomic mass is 9.74. The van der Waals surface area contributed by atoms with Crippen LogP contribution in [0, 0.1) is 15.5 Å². The highest BCUT2D eigenvalue weighted by Gasteiger charge is 2.39. The first-order valence-electron chi connectivity index (χ1n) is 7.41. The molecule has 0 radical (unpaired) electrons. The van der Waals surface area contributed by atoms with Crippen LogP contribution in [0.1, 0.15) is 42.5 Å². The molecule has 1 aromatic carbocycles. The van der Waals surface area contributed by atoms with Crippen molar-refractivity contribution in [3.63, 3.8) is 0 Å². The highest BCUT2D eigenvalue weighted by molar-refractivity contribution is 5.96. The fourth-order valence-electron chi connectivity index (χ4n) is 2.89. The third kappa shape index (κ3) is 3.58. The van der Waals surface area contributed by atoms with Crippen LogP contribution >= 0.6 is 0 Å². The Balaban J connectivity index is 2.11. The van der Waals surface area contributed by atoms with Crippen molar-refractivity contribution in [2.75, 3.05) is 12.3 Å². The van der Waals surface area contributed by atoms with E-state index in [4.69, 9.17) is 5.73 Å². The van der Waals surface area contributed by atoms with Gasteiger partial charge in [0.05, 0.1) is 10.3 Å². The van der Waals surface area contributed by atoms with E-state index in [0.717, 1.165) is 25.3 Å². The zero-order valence-electron chi connectivity index (χ0n) is 12.6. The minimum atomic E-state index is -0.951. The number of nitrogens with one attached hydrogen (secondary N) is 1. The summed E-state index contributed by atoms with van der Waals surface area (Å²) in [6.07, 6.45) is 3.66. The second-order valence-electron chi connectivity index (χ2n) is 5.86. The molecule has 8 heteroatoms. The summed E-state index contributed by atoms with van der Waals surface area (Å²) in [5.41, 5.74) is 4.25. The summed E-state index contributed by atoms with van der Waals surface area (Å²) in [4.78, 5) is 33.9. The van der Waals surface area contributed by atoms with E-state index in [9.17, 15) is 24.8 Å². The summed E-state index contributed by atoms with van der Waals surface area (Å²) >= 11 is 0. The van der Waals surface area contributed by atoms with Crippen molar-refractivity contribution >= 4 is 23.3 Å². The van der Waals surface area contributed by atoms with Gasteiger partial charge in [0.1, 0.15) is 5.69 Å². The van der Waals surface area contributed by atoms with Crippen LogP contribution in [0.25, 0.3) is 0 Å². The van der Waals surface area contributed by atoms with Crippen LogP contribution < -0.4 is 11.1 Å². The van der Waals surface area contributed by atoms with Gasteiger partial charge in [-0.05, 0) is 25.0 Å². The molecule has 4 N–H and O–H groups in total. The van der Waals surface area contributed by atoms with Crippen LogP contribution in [0.15, 0.2) is 18.2 Å². The maximum Gasteiger partial charge on any atom is 0.311 e. The van der Waals surface area contributed by atoms with E-state index in [1.54, 1.807) is 0 Å². The van der Waals surface area contributed by atoms with Crippen LogP contribution in [-0.4, -0.2) is 28.5 Å². The Morgan fingerprint density at radius 2 is 1.96 bits per heavy atom. The lowest BCUT2D eigenvalue weighted by Gasteiger charge is -2.33. The molecular formula is C15H19N3O5. The number of aliphatic carboxylic acids is 1. The molecule has 0 unspecified atom stereocenters. The minimum Gasteiger partial charge on any atom is -0.481 e. The van der Waals surface area contributed by atoms with Crippen LogP contribution in [0.4, 0.5) is 11.4 Å². The smallest absolute Gasteiger partial charge is 0.311 e. The molecule has 0 aliphatic heterocycles. The number of carbonyl (C=O) groups is 2. The molecule has 0 spiro atoms. The van der Waals surface area contributed by atoms with Crippen molar-refractivity contribution in [3.8, 4) is 0 Å². The Bertz CT molecular complexity index is 638. The standard InChI is InChI=1S/C15H19N3O5/c16-11-5-4-10(8-12(11)18(22)23)13(19)17-9-15(14(20)21)6-2-1-3-7-15/h4-5,8H,1-3,6-7,9,16H2,(H,17,19)(H,20,21). The minimum absolute atomic E-state index is 0.0132. The fourth-order valence-corrected chi connectivity index (χ4v) is 2.89. The number of benzene rings is 1. The highest BCUT2D eigenvalue weighted by atomic mass is 16.6. The molecule has 1 saturated carbocycles. The van der Waals surface area contributed by atoms with Gasteiger partial charge in [0.2, 0.25) is 0 Å². The van der Waals surface area contributed by atoms with E-state index in [1.807, 2.05) is 0 Å². The van der Waals surface area contributed by atoms with E-state index in [2.05, 4.69) is 5.32 Å². The van der Waals surface area contributed by atoms with Crippen molar-refractivity contribution in [1.82, 2.24) is 5.32 Å². The van der Waals surface area contributed by atoms with Crippen molar-refractivity contribution in [2.45, 2.75) is 32.1 Å². The predicted molar refractivity (Wildman–Crippen MR) is 83.0 cm³/mol. The molecule has 1 fully saturated rings. The van der Waals surface area contributed by atoms with Gasteiger partial charge in [0.25, 0.3) is 11.6 Å². The first-order valence-corrected chi connectivity index (χ1v) is 7.41. The van der Waals surface area contributed by atoms with E-state index < -0.39 is 22.2 Å². The number of carbonyl (C=O) groups excluding carboxylic acids is 1. The summed E-state index contributed by atoms with van der Waals surface area (Å²) in [6.45, 7) is 0.0132. The van der Waals surface area contributed by atoms with Crippen molar-refractivity contribution in [3.05, 3.63) is 33.9 Å². The van der Waals surface area contributed by atoms with E-state index in [-0.39, 0.29) is 23.5 Å². The fraction of sp³-hybridized carbons (Fsp3) is 0.467. The van der Waals surface area contributed by atoms with Crippen LogP contribution in [0.3, 0.4) is 0 Å². The lowest BCUT2D eigenvalue weighted by molar-refractivity contribution is -0.383. The Hall–Kier alpha value is -2.64. The molecule has 1 aliphatic rings. The number of nitro groups is 1. The Kier molecular flexibility index (Phi) is 4.83. The average molecular weight is 321 g/mol. The second kappa shape index (κ2) is 6.64. The summed E-state index contributed by atoms with van der Waals surface area (Å²) in [5, 5.41) is 22.9. The zero-order chi connectivity index (χ0) is 17.0. The average Bonchev–Trinajstić information content (AvgIpc) is 2.53. The molecule has 0 aromatic heterocycles. The lowest BCUT2D eigenvalue weighted by Crippen LogP contribution is -2.44. The number of hydrogen-bond donors (Lipinski definition) is 3. The maximum atomic E-state index is 12.2. The second-order valence-corrected chi connectivity index (χ2v) is 5.86. The number of nitrogens with zero attached hydrogens (tertiary/aromatic N) is 1. The summed E-state index contributed by atoms with van der Waals surface area (Å²) in [5.74, 6) is -1.46. The molecule has 1 amide bonds. The summed E-state index contributed by atoms with van der Waals surface area (Å²) < 4.78 is 0. The van der Waals surface area contributed by atoms with Gasteiger partial charge in [0.15, 0.2) is 0 Å². The van der Waals surface area contributed by atoms with Crippen molar-refractivity contribution < 1.29 is 19.6 Å². The summed E-state index contributed by atoms with van der Waals surface area (Å²) in [6, 6.07) is 3.77. The molecule has 0 atom stereocenters. The topological polar surface area (TPSA) is 136 Å². The van der Waals surface area contributed by atoms with E-state index in [1.165, 1.54) is 12.1 Å². The number of carboxylic acid groups (broad SMARTS) is 1. The zero-order valence-corrected chi connectivity index (χ0v) is 12.6. The molecule has 23 heavy (non-hydrogen) atoms. The van der Waals surface area contributed by atoms with Gasteiger partial charge < -0.3 is 16.2 Å². The Morgan fingerprint density at radius 3 is 2.52 bits per heavy atom. The van der Waals surface area contributed by atoms with Gasteiger partial charge in [0, 0.05) is 18.2 Å². The van der Waals surface area contributed by atoms with Crippen LogP contribution in [0.2, 0.25) is 0 Å². The number of nitrogen functional groups attached to an aromatic ring is 1. The monoisotopic (exact) mass is 321 g/mol. The van der Waals surface area contributed by atoms with Gasteiger partial charge in [-0.25, -0.2) is 0 Å². The number of hydrogen-bond acceptors (Lipinski definition) is 5. The molecule has 0 heterocycles. The summed E-state index contributed by atoms with van der Waals surface area (Å²) in [7, 11) is 0. The predicted octanol–water partition coefficient (Wildman–Crippen LogP) is 1.94. The number of amides is 1. The van der Waals surface area contributed by atoms with Crippen molar-refractivity contribution in [2.24, 2.45) is 5.41 Å². The normalized spacial score (nSPS) is 16.5. The van der Waals surface area contributed by atoms with Gasteiger partial charge >= 0.3 is 5.97 Å².